The fourth-order valence-corrected chi connectivity index (χ4v) is 2.88. The zero-order chi connectivity index (χ0) is 19.2. The van der Waals surface area contributed by atoms with E-state index < -0.39 is 11.2 Å². The summed E-state index contributed by atoms with van der Waals surface area (Å²) in [5.74, 6) is -0.367. The molecule has 6 nitrogen and oxygen atoms in total. The number of aromatic nitrogens is 2. The molecule has 27 heavy (non-hydrogen) atoms. The zero-order valence-electron chi connectivity index (χ0n) is 15.1. The predicted molar refractivity (Wildman–Crippen MR) is 106 cm³/mol. The number of rotatable bonds is 6. The van der Waals surface area contributed by atoms with Gasteiger partial charge in [-0.3, -0.25) is 19.3 Å². The lowest BCUT2D eigenvalue weighted by molar-refractivity contribution is 0.408. The SMILES string of the molecule is CC(=NCCc1ccccc1)c1c(O)n(Cc2ccccc2)c(=O)[nH]c1=O. The summed E-state index contributed by atoms with van der Waals surface area (Å²) in [6, 6.07) is 19.1. The number of hydrogen-bond donors (Lipinski definition) is 2. The lowest BCUT2D eigenvalue weighted by Crippen LogP contribution is -2.33. The molecule has 3 rings (SSSR count). The molecule has 6 heteroatoms. The van der Waals surface area contributed by atoms with E-state index in [4.69, 9.17) is 0 Å². The van der Waals surface area contributed by atoms with E-state index in [0.29, 0.717) is 12.3 Å². The highest BCUT2D eigenvalue weighted by Crippen LogP contribution is 2.14. The number of H-pyrrole nitrogens is 1. The van der Waals surface area contributed by atoms with E-state index in [1.165, 1.54) is 0 Å². The van der Waals surface area contributed by atoms with E-state index in [9.17, 15) is 14.7 Å². The summed E-state index contributed by atoms with van der Waals surface area (Å²) in [5.41, 5.74) is 1.11. The molecule has 0 aliphatic rings. The Morgan fingerprint density at radius 3 is 2.22 bits per heavy atom. The molecule has 2 aromatic carbocycles. The van der Waals surface area contributed by atoms with Crippen LogP contribution in [0.1, 0.15) is 23.6 Å². The predicted octanol–water partition coefficient (Wildman–Crippen LogP) is 2.34. The number of aliphatic imine (C=N–C) groups is 1. The Labute approximate surface area is 156 Å². The fourth-order valence-electron chi connectivity index (χ4n) is 2.88. The van der Waals surface area contributed by atoms with Gasteiger partial charge in [0.1, 0.15) is 5.56 Å². The van der Waals surface area contributed by atoms with Crippen molar-refractivity contribution < 1.29 is 5.11 Å². The second-order valence-electron chi connectivity index (χ2n) is 6.23. The standard InChI is InChI=1S/C21H21N3O3/c1-15(22-13-12-16-8-4-2-5-9-16)18-19(25)23-21(27)24(20(18)26)14-17-10-6-3-7-11-17/h2-11,26H,12-14H2,1H3,(H,23,25,27). The van der Waals surface area contributed by atoms with Gasteiger partial charge in [0, 0.05) is 12.3 Å². The van der Waals surface area contributed by atoms with Crippen LogP contribution in [0.15, 0.2) is 75.2 Å². The molecule has 0 saturated carbocycles. The Morgan fingerprint density at radius 1 is 1.00 bits per heavy atom. The van der Waals surface area contributed by atoms with Crippen LogP contribution in [-0.2, 0) is 13.0 Å². The van der Waals surface area contributed by atoms with Crippen molar-refractivity contribution in [2.45, 2.75) is 19.9 Å². The second kappa shape index (κ2) is 8.31. The van der Waals surface area contributed by atoms with Crippen LogP contribution < -0.4 is 11.2 Å². The number of hydrogen-bond acceptors (Lipinski definition) is 4. The Bertz CT molecular complexity index is 1050. The summed E-state index contributed by atoms with van der Waals surface area (Å²) in [6.45, 7) is 2.30. The molecule has 0 fully saturated rings. The van der Waals surface area contributed by atoms with Gasteiger partial charge >= 0.3 is 5.69 Å². The minimum atomic E-state index is -0.651. The summed E-state index contributed by atoms with van der Waals surface area (Å²) in [4.78, 5) is 31.1. The molecular weight excluding hydrogens is 342 g/mol. The van der Waals surface area contributed by atoms with Gasteiger partial charge in [0.2, 0.25) is 5.88 Å². The maximum absolute atomic E-state index is 12.2. The van der Waals surface area contributed by atoms with Gasteiger partial charge in [-0.15, -0.1) is 0 Å². The first-order valence-corrected chi connectivity index (χ1v) is 8.71. The highest BCUT2D eigenvalue weighted by molar-refractivity contribution is 6.00. The second-order valence-corrected chi connectivity index (χ2v) is 6.23. The first kappa shape index (κ1) is 18.4. The molecule has 0 spiro atoms. The van der Waals surface area contributed by atoms with Crippen molar-refractivity contribution in [1.82, 2.24) is 9.55 Å². The number of aromatic hydroxyl groups is 1. The van der Waals surface area contributed by atoms with Crippen LogP contribution in [0.3, 0.4) is 0 Å². The van der Waals surface area contributed by atoms with Crippen LogP contribution in [-0.4, -0.2) is 26.9 Å². The third-order valence-corrected chi connectivity index (χ3v) is 4.31. The molecule has 0 unspecified atom stereocenters. The average Bonchev–Trinajstić information content (AvgIpc) is 2.67. The normalized spacial score (nSPS) is 11.5. The van der Waals surface area contributed by atoms with E-state index in [0.717, 1.165) is 22.1 Å². The van der Waals surface area contributed by atoms with Crippen molar-refractivity contribution in [3.8, 4) is 5.88 Å². The molecule has 1 heterocycles. The minimum Gasteiger partial charge on any atom is -0.494 e. The third kappa shape index (κ3) is 4.41. The summed E-state index contributed by atoms with van der Waals surface area (Å²) in [6.07, 6.45) is 0.723. The molecule has 3 aromatic rings. The molecule has 2 N–H and O–H groups in total. The van der Waals surface area contributed by atoms with Crippen molar-refractivity contribution >= 4 is 5.71 Å². The van der Waals surface area contributed by atoms with Gasteiger partial charge in [-0.25, -0.2) is 4.79 Å². The van der Waals surface area contributed by atoms with Crippen molar-refractivity contribution in [2.24, 2.45) is 4.99 Å². The van der Waals surface area contributed by atoms with E-state index in [1.54, 1.807) is 6.92 Å². The van der Waals surface area contributed by atoms with Crippen LogP contribution in [0.25, 0.3) is 0 Å². The fraction of sp³-hybridized carbons (Fsp3) is 0.190. The molecule has 0 aliphatic carbocycles. The number of benzene rings is 2. The molecule has 0 amide bonds. The summed E-state index contributed by atoms with van der Waals surface area (Å²) in [7, 11) is 0. The average molecular weight is 363 g/mol. The smallest absolute Gasteiger partial charge is 0.331 e. The van der Waals surface area contributed by atoms with Crippen LogP contribution in [0.5, 0.6) is 5.88 Å². The molecule has 0 radical (unpaired) electrons. The van der Waals surface area contributed by atoms with Gasteiger partial charge in [0.05, 0.1) is 6.54 Å². The lowest BCUT2D eigenvalue weighted by atomic mass is 10.1. The zero-order valence-corrected chi connectivity index (χ0v) is 15.1. The minimum absolute atomic E-state index is 0.0265. The van der Waals surface area contributed by atoms with Crippen molar-refractivity contribution in [2.75, 3.05) is 6.54 Å². The monoisotopic (exact) mass is 363 g/mol. The molecule has 1 aromatic heterocycles. The molecule has 138 valence electrons. The largest absolute Gasteiger partial charge is 0.494 e. The Hall–Kier alpha value is -3.41. The van der Waals surface area contributed by atoms with E-state index in [1.807, 2.05) is 60.7 Å². The number of nitrogens with one attached hydrogen (secondary N) is 1. The molecule has 0 atom stereocenters. The van der Waals surface area contributed by atoms with Crippen molar-refractivity contribution in [1.29, 1.82) is 0 Å². The van der Waals surface area contributed by atoms with Gasteiger partial charge in [-0.1, -0.05) is 60.7 Å². The van der Waals surface area contributed by atoms with Crippen molar-refractivity contribution in [3.63, 3.8) is 0 Å². The van der Waals surface area contributed by atoms with Gasteiger partial charge in [-0.2, -0.15) is 0 Å². The molecule has 0 aliphatic heterocycles. The maximum atomic E-state index is 12.2. The summed E-state index contributed by atoms with van der Waals surface area (Å²) >= 11 is 0. The maximum Gasteiger partial charge on any atom is 0.331 e. The molecule has 0 saturated heterocycles. The van der Waals surface area contributed by atoms with Gasteiger partial charge < -0.3 is 5.11 Å². The van der Waals surface area contributed by atoms with E-state index in [2.05, 4.69) is 9.98 Å². The number of nitrogens with zero attached hydrogens (tertiary/aromatic N) is 2. The van der Waals surface area contributed by atoms with Crippen LogP contribution >= 0.6 is 0 Å². The third-order valence-electron chi connectivity index (χ3n) is 4.31. The summed E-state index contributed by atoms with van der Waals surface area (Å²) < 4.78 is 1.14. The lowest BCUT2D eigenvalue weighted by Gasteiger charge is -2.11. The van der Waals surface area contributed by atoms with Gasteiger partial charge in [0.15, 0.2) is 0 Å². The topological polar surface area (TPSA) is 87.4 Å². The summed E-state index contributed by atoms with van der Waals surface area (Å²) in [5, 5.41) is 10.6. The molecule has 0 bridgehead atoms. The van der Waals surface area contributed by atoms with Crippen LogP contribution in [0.2, 0.25) is 0 Å². The highest BCUT2D eigenvalue weighted by atomic mass is 16.3. The van der Waals surface area contributed by atoms with E-state index in [-0.39, 0.29) is 18.0 Å². The molecular formula is C21H21N3O3. The Kier molecular flexibility index (Phi) is 5.66. The van der Waals surface area contributed by atoms with Gasteiger partial charge in [-0.05, 0) is 24.5 Å². The highest BCUT2D eigenvalue weighted by Gasteiger charge is 2.16. The van der Waals surface area contributed by atoms with E-state index >= 15 is 0 Å². The Balaban J connectivity index is 1.88. The number of aromatic amines is 1. The van der Waals surface area contributed by atoms with Crippen molar-refractivity contribution in [3.05, 3.63) is 98.2 Å². The first-order chi connectivity index (χ1) is 13.1. The van der Waals surface area contributed by atoms with Crippen LogP contribution in [0.4, 0.5) is 0 Å². The Morgan fingerprint density at radius 2 is 1.59 bits per heavy atom. The van der Waals surface area contributed by atoms with Gasteiger partial charge in [0.25, 0.3) is 5.56 Å². The van der Waals surface area contributed by atoms with Crippen LogP contribution in [0, 0.1) is 0 Å². The quantitative estimate of drug-likeness (QED) is 0.659. The first-order valence-electron chi connectivity index (χ1n) is 8.71.